The Bertz CT molecular complexity index is 208. The van der Waals surface area contributed by atoms with Gasteiger partial charge in [-0.1, -0.05) is 0 Å². The van der Waals surface area contributed by atoms with E-state index in [4.69, 9.17) is 4.74 Å². The number of rotatable bonds is 3. The molecule has 2 rings (SSSR count). The molecule has 0 amide bonds. The number of nitrogens with one attached hydrogen (secondary N) is 1. The van der Waals surface area contributed by atoms with Gasteiger partial charge < -0.3 is 10.1 Å². The maximum atomic E-state index is 5.51. The van der Waals surface area contributed by atoms with Gasteiger partial charge in [0.05, 0.1) is 12.7 Å². The molecule has 11 heavy (non-hydrogen) atoms. The van der Waals surface area contributed by atoms with Crippen LogP contribution < -0.4 is 5.32 Å². The summed E-state index contributed by atoms with van der Waals surface area (Å²) in [5.41, 5.74) is 0. The molecule has 0 aliphatic carbocycles. The van der Waals surface area contributed by atoms with Gasteiger partial charge in [0, 0.05) is 24.7 Å². The van der Waals surface area contributed by atoms with Gasteiger partial charge in [0.2, 0.25) is 0 Å². The fraction of sp³-hybridized carbons (Fsp3) is 0.571. The molecule has 0 saturated carbocycles. The van der Waals surface area contributed by atoms with E-state index in [1.807, 2.05) is 11.6 Å². The molecule has 0 unspecified atom stereocenters. The third-order valence-electron chi connectivity index (χ3n) is 1.67. The van der Waals surface area contributed by atoms with Crippen LogP contribution in [-0.2, 0) is 11.3 Å². The van der Waals surface area contributed by atoms with Crippen LogP contribution in [0, 0.1) is 0 Å². The molecule has 1 N–H and O–H groups in total. The summed E-state index contributed by atoms with van der Waals surface area (Å²) in [4.78, 5) is 4.12. The fourth-order valence-electron chi connectivity index (χ4n) is 0.893. The molecule has 1 aromatic rings. The molecular weight excluding hydrogens is 160 g/mol. The molecule has 0 spiro atoms. The van der Waals surface area contributed by atoms with Crippen LogP contribution in [0.15, 0.2) is 11.6 Å². The van der Waals surface area contributed by atoms with Crippen LogP contribution in [0.1, 0.15) is 5.01 Å². The standard InChI is InChI=1S/C7H10N2OS/c1-2-11-7(9-1)5-10-6-3-8-4-6/h1-2,6,8H,3-5H2. The van der Waals surface area contributed by atoms with E-state index in [2.05, 4.69) is 10.3 Å². The summed E-state index contributed by atoms with van der Waals surface area (Å²) < 4.78 is 5.51. The molecular formula is C7H10N2OS. The van der Waals surface area contributed by atoms with Crippen molar-refractivity contribution >= 4 is 11.3 Å². The Morgan fingerprint density at radius 3 is 3.18 bits per heavy atom. The maximum absolute atomic E-state index is 5.51. The monoisotopic (exact) mass is 170 g/mol. The Morgan fingerprint density at radius 2 is 2.64 bits per heavy atom. The largest absolute Gasteiger partial charge is 0.368 e. The summed E-state index contributed by atoms with van der Waals surface area (Å²) in [6, 6.07) is 0. The van der Waals surface area contributed by atoms with Gasteiger partial charge in [0.15, 0.2) is 0 Å². The van der Waals surface area contributed by atoms with Gasteiger partial charge in [0.25, 0.3) is 0 Å². The summed E-state index contributed by atoms with van der Waals surface area (Å²) in [7, 11) is 0. The van der Waals surface area contributed by atoms with Crippen LogP contribution in [-0.4, -0.2) is 24.2 Å². The van der Waals surface area contributed by atoms with Crippen molar-refractivity contribution in [1.82, 2.24) is 10.3 Å². The molecule has 0 radical (unpaired) electrons. The summed E-state index contributed by atoms with van der Waals surface area (Å²) in [6.45, 7) is 2.65. The second kappa shape index (κ2) is 3.30. The van der Waals surface area contributed by atoms with Gasteiger partial charge in [-0.05, 0) is 0 Å². The number of hydrogen-bond donors (Lipinski definition) is 1. The number of aromatic nitrogens is 1. The zero-order chi connectivity index (χ0) is 7.52. The molecule has 1 aromatic heterocycles. The van der Waals surface area contributed by atoms with E-state index >= 15 is 0 Å². The minimum Gasteiger partial charge on any atom is -0.368 e. The van der Waals surface area contributed by atoms with Crippen molar-refractivity contribution in [2.45, 2.75) is 12.7 Å². The highest BCUT2D eigenvalue weighted by atomic mass is 32.1. The zero-order valence-electron chi connectivity index (χ0n) is 6.12. The lowest BCUT2D eigenvalue weighted by molar-refractivity contribution is 0.00751. The second-order valence-corrected chi connectivity index (χ2v) is 3.50. The van der Waals surface area contributed by atoms with Crippen LogP contribution in [0.4, 0.5) is 0 Å². The first kappa shape index (κ1) is 7.21. The minimum absolute atomic E-state index is 0.416. The maximum Gasteiger partial charge on any atom is 0.118 e. The van der Waals surface area contributed by atoms with E-state index < -0.39 is 0 Å². The van der Waals surface area contributed by atoms with E-state index in [9.17, 15) is 0 Å². The predicted octanol–water partition coefficient (Wildman–Crippen LogP) is 0.631. The summed E-state index contributed by atoms with van der Waals surface area (Å²) >= 11 is 1.64. The summed E-state index contributed by atoms with van der Waals surface area (Å²) in [6.07, 6.45) is 2.22. The summed E-state index contributed by atoms with van der Waals surface area (Å²) in [5, 5.41) is 6.19. The molecule has 1 aliphatic rings. The number of thiazole rings is 1. The van der Waals surface area contributed by atoms with Crippen molar-refractivity contribution in [2.24, 2.45) is 0 Å². The highest BCUT2D eigenvalue weighted by Gasteiger charge is 2.16. The quantitative estimate of drug-likeness (QED) is 0.722. The molecule has 0 atom stereocenters. The van der Waals surface area contributed by atoms with Crippen molar-refractivity contribution in [2.75, 3.05) is 13.1 Å². The Labute approximate surface area is 69.4 Å². The third kappa shape index (κ3) is 1.77. The Morgan fingerprint density at radius 1 is 1.73 bits per heavy atom. The first-order valence-electron chi connectivity index (χ1n) is 3.66. The van der Waals surface area contributed by atoms with Crippen LogP contribution >= 0.6 is 11.3 Å². The van der Waals surface area contributed by atoms with Gasteiger partial charge in [-0.2, -0.15) is 0 Å². The highest BCUT2D eigenvalue weighted by Crippen LogP contribution is 2.08. The average Bonchev–Trinajstić information content (AvgIpc) is 2.36. The first-order chi connectivity index (χ1) is 5.45. The van der Waals surface area contributed by atoms with Gasteiger partial charge in [-0.15, -0.1) is 11.3 Å². The molecule has 60 valence electrons. The van der Waals surface area contributed by atoms with Crippen molar-refractivity contribution in [3.63, 3.8) is 0 Å². The summed E-state index contributed by atoms with van der Waals surface area (Å²) in [5.74, 6) is 0. The molecule has 0 aromatic carbocycles. The normalized spacial score (nSPS) is 18.2. The number of hydrogen-bond acceptors (Lipinski definition) is 4. The van der Waals surface area contributed by atoms with Crippen molar-refractivity contribution in [3.05, 3.63) is 16.6 Å². The van der Waals surface area contributed by atoms with Gasteiger partial charge in [-0.25, -0.2) is 4.98 Å². The van der Waals surface area contributed by atoms with Crippen molar-refractivity contribution in [3.8, 4) is 0 Å². The van der Waals surface area contributed by atoms with Gasteiger partial charge in [-0.3, -0.25) is 0 Å². The van der Waals surface area contributed by atoms with Crippen LogP contribution in [0.3, 0.4) is 0 Å². The van der Waals surface area contributed by atoms with Crippen LogP contribution in [0.5, 0.6) is 0 Å². The lowest BCUT2D eigenvalue weighted by Crippen LogP contribution is -2.48. The van der Waals surface area contributed by atoms with Gasteiger partial charge >= 0.3 is 0 Å². The van der Waals surface area contributed by atoms with Crippen molar-refractivity contribution < 1.29 is 4.74 Å². The van der Waals surface area contributed by atoms with Crippen LogP contribution in [0.2, 0.25) is 0 Å². The second-order valence-electron chi connectivity index (χ2n) is 2.52. The van der Waals surface area contributed by atoms with E-state index in [1.165, 1.54) is 0 Å². The van der Waals surface area contributed by atoms with Crippen LogP contribution in [0.25, 0.3) is 0 Å². The predicted molar refractivity (Wildman–Crippen MR) is 43.6 cm³/mol. The minimum atomic E-state index is 0.416. The number of nitrogens with zero attached hydrogens (tertiary/aromatic N) is 1. The molecule has 3 nitrogen and oxygen atoms in total. The van der Waals surface area contributed by atoms with Gasteiger partial charge in [0.1, 0.15) is 5.01 Å². The smallest absolute Gasteiger partial charge is 0.118 e. The molecule has 2 heterocycles. The Hall–Kier alpha value is -0.450. The van der Waals surface area contributed by atoms with Crippen molar-refractivity contribution in [1.29, 1.82) is 0 Å². The third-order valence-corrected chi connectivity index (χ3v) is 2.42. The average molecular weight is 170 g/mol. The molecule has 4 heteroatoms. The number of ether oxygens (including phenoxy) is 1. The first-order valence-corrected chi connectivity index (χ1v) is 4.54. The van der Waals surface area contributed by atoms with E-state index in [0.29, 0.717) is 12.7 Å². The lowest BCUT2D eigenvalue weighted by Gasteiger charge is -2.26. The highest BCUT2D eigenvalue weighted by molar-refractivity contribution is 7.09. The molecule has 1 saturated heterocycles. The lowest BCUT2D eigenvalue weighted by atomic mass is 10.2. The molecule has 0 bridgehead atoms. The SMILES string of the molecule is c1csc(COC2CNC2)n1. The van der Waals surface area contributed by atoms with E-state index in [0.717, 1.165) is 18.1 Å². The Kier molecular flexibility index (Phi) is 2.16. The van der Waals surface area contributed by atoms with E-state index in [1.54, 1.807) is 11.3 Å². The zero-order valence-corrected chi connectivity index (χ0v) is 6.93. The fourth-order valence-corrected chi connectivity index (χ4v) is 1.43. The molecule has 1 fully saturated rings. The Balaban J connectivity index is 1.74. The molecule has 1 aliphatic heterocycles. The van der Waals surface area contributed by atoms with E-state index in [-0.39, 0.29) is 0 Å². The topological polar surface area (TPSA) is 34.1 Å².